The van der Waals surface area contributed by atoms with Gasteiger partial charge in [-0.15, -0.1) is 0 Å². The van der Waals surface area contributed by atoms with Crippen molar-refractivity contribution in [3.63, 3.8) is 0 Å². The number of ether oxygens (including phenoxy) is 2. The van der Waals surface area contributed by atoms with Crippen LogP contribution in [0.3, 0.4) is 0 Å². The minimum Gasteiger partial charge on any atom is -0.444 e. The Bertz CT molecular complexity index is 1730. The van der Waals surface area contributed by atoms with Crippen molar-refractivity contribution < 1.29 is 46.3 Å². The van der Waals surface area contributed by atoms with Crippen LogP contribution in [-0.2, 0) is 47.0 Å². The number of halogens is 1. The lowest BCUT2D eigenvalue weighted by Gasteiger charge is -2.30. The minimum atomic E-state index is -3.92. The number of alkyl carbamates (subject to hydrolysis) is 1. The van der Waals surface area contributed by atoms with Crippen molar-refractivity contribution in [2.75, 3.05) is 6.54 Å². The van der Waals surface area contributed by atoms with E-state index in [1.54, 1.807) is 32.9 Å². The van der Waals surface area contributed by atoms with E-state index >= 15 is 0 Å². The van der Waals surface area contributed by atoms with Crippen LogP contribution in [0.2, 0.25) is 0 Å². The summed E-state index contributed by atoms with van der Waals surface area (Å²) in [4.78, 5) is 70.7. The molecule has 5 amide bonds. The molecule has 16 heteroatoms. The van der Waals surface area contributed by atoms with Gasteiger partial charge in [0.05, 0.1) is 18.3 Å². The van der Waals surface area contributed by atoms with Crippen LogP contribution in [0.5, 0.6) is 0 Å². The summed E-state index contributed by atoms with van der Waals surface area (Å²) < 4.78 is 53.5. The monoisotopic (exact) mass is 731 g/mol. The van der Waals surface area contributed by atoms with Crippen molar-refractivity contribution in [2.45, 2.75) is 126 Å². The van der Waals surface area contributed by atoms with E-state index in [1.165, 1.54) is 15.9 Å². The fourth-order valence-electron chi connectivity index (χ4n) is 6.98. The van der Waals surface area contributed by atoms with Crippen LogP contribution in [0.25, 0.3) is 0 Å². The van der Waals surface area contributed by atoms with Crippen LogP contribution in [0.15, 0.2) is 30.4 Å². The zero-order chi connectivity index (χ0) is 36.7. The molecule has 0 radical (unpaired) electrons. The molecule has 2 aliphatic carbocycles. The number of carbonyl (C=O) groups excluding carboxylic acids is 5. The van der Waals surface area contributed by atoms with Crippen molar-refractivity contribution in [2.24, 2.45) is 5.92 Å². The molecule has 3 aliphatic heterocycles. The average Bonchev–Trinajstić information content (AvgIpc) is 3.93. The van der Waals surface area contributed by atoms with Gasteiger partial charge in [0.25, 0.3) is 11.8 Å². The second-order valence-electron chi connectivity index (χ2n) is 15.3. The molecular weight excluding hydrogens is 685 g/mol. The molecule has 278 valence electrons. The summed E-state index contributed by atoms with van der Waals surface area (Å²) in [6.45, 7) is 5.20. The third kappa shape index (κ3) is 8.31. The van der Waals surface area contributed by atoms with E-state index in [1.807, 2.05) is 12.2 Å². The highest BCUT2D eigenvalue weighted by Crippen LogP contribution is 2.46. The maximum atomic E-state index is 14.4. The summed E-state index contributed by atoms with van der Waals surface area (Å²) in [6, 6.07) is 3.35. The van der Waals surface area contributed by atoms with E-state index in [0.717, 1.165) is 6.42 Å². The maximum absolute atomic E-state index is 14.4. The van der Waals surface area contributed by atoms with E-state index in [2.05, 4.69) is 15.4 Å². The quantitative estimate of drug-likeness (QED) is 0.384. The molecule has 1 unspecified atom stereocenters. The van der Waals surface area contributed by atoms with Crippen LogP contribution in [-0.4, -0.2) is 89.2 Å². The Morgan fingerprint density at radius 3 is 2.51 bits per heavy atom. The highest BCUT2D eigenvalue weighted by atomic mass is 32.2. The van der Waals surface area contributed by atoms with Gasteiger partial charge >= 0.3 is 12.2 Å². The van der Waals surface area contributed by atoms with Gasteiger partial charge in [-0.2, -0.15) is 0 Å². The standard InChI is InChI=1S/C35H46FN5O9S/c1-34(2,3)38-32(45)50-28-13-8-6-4-5-7-11-22-17-35(22,31(44)39-51(47,48)24-14-15-24)37-29(42)27-16-23(19-41(27)30(28)43)49-33(46)40-18-21-10-9-12-26(36)25(21)20-40/h7,9-12,22-24,27-28H,4-6,8,13-20H2,1-3H3,(H,37,42)(H,38,45)(H,39,44)/t22-,23-,27+,28?,35-/m1/s1. The van der Waals surface area contributed by atoms with Crippen molar-refractivity contribution in [3.05, 3.63) is 47.3 Å². The molecule has 6 rings (SSSR count). The number of hydrogen-bond acceptors (Lipinski definition) is 9. The fourth-order valence-corrected chi connectivity index (χ4v) is 8.34. The Balaban J connectivity index is 1.25. The maximum Gasteiger partial charge on any atom is 0.410 e. The first-order chi connectivity index (χ1) is 24.1. The second-order valence-corrected chi connectivity index (χ2v) is 17.2. The lowest BCUT2D eigenvalue weighted by molar-refractivity contribution is -0.146. The summed E-state index contributed by atoms with van der Waals surface area (Å²) in [5.74, 6) is -3.16. The number of hydrogen-bond donors (Lipinski definition) is 3. The molecule has 14 nitrogen and oxygen atoms in total. The lowest BCUT2D eigenvalue weighted by atomic mass is 10.1. The number of fused-ring (bicyclic) bond motifs is 3. The van der Waals surface area contributed by atoms with Gasteiger partial charge in [-0.3, -0.25) is 24.0 Å². The first kappa shape index (κ1) is 36.6. The normalized spacial score (nSPS) is 28.3. The number of rotatable bonds is 5. The van der Waals surface area contributed by atoms with Crippen LogP contribution in [0.1, 0.15) is 89.7 Å². The van der Waals surface area contributed by atoms with Gasteiger partial charge in [0.15, 0.2) is 6.10 Å². The van der Waals surface area contributed by atoms with Gasteiger partial charge < -0.3 is 25.0 Å². The van der Waals surface area contributed by atoms with Crippen molar-refractivity contribution in [1.29, 1.82) is 0 Å². The van der Waals surface area contributed by atoms with Gasteiger partial charge in [-0.1, -0.05) is 30.7 Å². The Hall–Kier alpha value is -4.21. The number of allylic oxidation sites excluding steroid dienone is 1. The van der Waals surface area contributed by atoms with Gasteiger partial charge in [-0.05, 0) is 77.3 Å². The van der Waals surface area contributed by atoms with E-state index in [9.17, 15) is 36.8 Å². The molecule has 0 bridgehead atoms. The summed E-state index contributed by atoms with van der Waals surface area (Å²) in [7, 11) is -3.92. The number of amides is 5. The highest BCUT2D eigenvalue weighted by molar-refractivity contribution is 7.91. The predicted octanol–water partition coefficient (Wildman–Crippen LogP) is 3.14. The lowest BCUT2D eigenvalue weighted by Crippen LogP contribution is -2.57. The first-order valence-corrected chi connectivity index (χ1v) is 19.2. The van der Waals surface area contributed by atoms with Gasteiger partial charge in [0, 0.05) is 30.0 Å². The van der Waals surface area contributed by atoms with Crippen molar-refractivity contribution in [3.8, 4) is 0 Å². The molecule has 5 aliphatic rings. The van der Waals surface area contributed by atoms with Gasteiger partial charge in [-0.25, -0.2) is 22.4 Å². The Labute approximate surface area is 296 Å². The summed E-state index contributed by atoms with van der Waals surface area (Å²) in [5, 5.41) is 4.80. The van der Waals surface area contributed by atoms with E-state index < -0.39 is 86.2 Å². The summed E-state index contributed by atoms with van der Waals surface area (Å²) >= 11 is 0. The van der Waals surface area contributed by atoms with Gasteiger partial charge in [0.2, 0.25) is 15.9 Å². The van der Waals surface area contributed by atoms with Crippen LogP contribution in [0, 0.1) is 11.7 Å². The molecule has 0 spiro atoms. The molecule has 5 atom stereocenters. The molecule has 2 saturated carbocycles. The average molecular weight is 732 g/mol. The SMILES string of the molecule is CC(C)(C)NC(=O)OC1CCCCCC=C[C@@H]2C[C@@]2(C(=O)NS(=O)(=O)C2CC2)NC(=O)[C@@H]2C[C@@H](OC(=O)N3Cc4cccc(F)c4C3)CN2C1=O. The Morgan fingerprint density at radius 1 is 1.04 bits per heavy atom. The third-order valence-corrected chi connectivity index (χ3v) is 11.8. The van der Waals surface area contributed by atoms with Crippen molar-refractivity contribution >= 4 is 39.9 Å². The smallest absolute Gasteiger partial charge is 0.410 e. The largest absolute Gasteiger partial charge is 0.444 e. The van der Waals surface area contributed by atoms with E-state index in [-0.39, 0.29) is 38.9 Å². The van der Waals surface area contributed by atoms with Crippen molar-refractivity contribution in [1.82, 2.24) is 25.2 Å². The number of carbonyl (C=O) groups is 5. The molecule has 1 aromatic carbocycles. The molecule has 3 N–H and O–H groups in total. The first-order valence-electron chi connectivity index (χ1n) is 17.6. The Kier molecular flexibility index (Phi) is 10.1. The highest BCUT2D eigenvalue weighted by Gasteiger charge is 2.62. The third-order valence-electron chi connectivity index (χ3n) is 9.97. The molecule has 0 aromatic heterocycles. The number of benzene rings is 1. The summed E-state index contributed by atoms with van der Waals surface area (Å²) in [6.07, 6.45) is 3.65. The number of sulfonamides is 1. The van der Waals surface area contributed by atoms with E-state index in [0.29, 0.717) is 43.2 Å². The van der Waals surface area contributed by atoms with E-state index in [4.69, 9.17) is 9.47 Å². The van der Waals surface area contributed by atoms with Crippen LogP contribution < -0.4 is 15.4 Å². The predicted molar refractivity (Wildman–Crippen MR) is 180 cm³/mol. The number of nitrogens with zero attached hydrogens (tertiary/aromatic N) is 2. The zero-order valence-corrected chi connectivity index (χ0v) is 29.9. The van der Waals surface area contributed by atoms with Crippen LogP contribution >= 0.6 is 0 Å². The fraction of sp³-hybridized carbons (Fsp3) is 0.629. The van der Waals surface area contributed by atoms with Crippen LogP contribution in [0.4, 0.5) is 14.0 Å². The number of nitrogens with one attached hydrogen (secondary N) is 3. The summed E-state index contributed by atoms with van der Waals surface area (Å²) in [5.41, 5.74) is -1.18. The molecule has 1 aromatic rings. The molecule has 3 fully saturated rings. The zero-order valence-electron chi connectivity index (χ0n) is 29.1. The molecule has 3 heterocycles. The Morgan fingerprint density at radius 2 is 1.80 bits per heavy atom. The second kappa shape index (κ2) is 14.1. The van der Waals surface area contributed by atoms with Gasteiger partial charge in [0.1, 0.15) is 23.5 Å². The topological polar surface area (TPSA) is 181 Å². The molecule has 1 saturated heterocycles. The molecular formula is C35H46FN5O9S. The minimum absolute atomic E-state index is 0.00474. The molecule has 51 heavy (non-hydrogen) atoms.